The normalized spacial score (nSPS) is 20.5. The van der Waals surface area contributed by atoms with Crippen LogP contribution in [0.15, 0.2) is 23.4 Å². The molecule has 1 aliphatic rings. The second-order valence-electron chi connectivity index (χ2n) is 3.26. The Morgan fingerprint density at radius 1 is 1.57 bits per heavy atom. The van der Waals surface area contributed by atoms with E-state index in [0.29, 0.717) is 17.0 Å². The van der Waals surface area contributed by atoms with Gasteiger partial charge >= 0.3 is 0 Å². The number of oxime groups is 1. The first-order valence-corrected chi connectivity index (χ1v) is 4.69. The average Bonchev–Trinajstić information content (AvgIpc) is 2.51. The summed E-state index contributed by atoms with van der Waals surface area (Å²) in [5.74, 6) is -0.340. The summed E-state index contributed by atoms with van der Waals surface area (Å²) in [7, 11) is 0. The lowest BCUT2D eigenvalue weighted by Crippen LogP contribution is -2.01. The largest absolute Gasteiger partial charge is 0.387 e. The minimum absolute atomic E-state index is 0.340. The van der Waals surface area contributed by atoms with Crippen molar-refractivity contribution in [3.05, 3.63) is 34.6 Å². The summed E-state index contributed by atoms with van der Waals surface area (Å²) in [6.07, 6.45) is 0.226. The first kappa shape index (κ1) is 9.46. The number of rotatable bonds is 1. The predicted octanol–water partition coefficient (Wildman–Crippen LogP) is 3.32. The van der Waals surface area contributed by atoms with Crippen LogP contribution in [0.25, 0.3) is 0 Å². The van der Waals surface area contributed by atoms with E-state index in [1.54, 1.807) is 12.1 Å². The van der Waals surface area contributed by atoms with Gasteiger partial charge in [0.15, 0.2) is 6.10 Å². The van der Waals surface area contributed by atoms with E-state index in [1.165, 1.54) is 6.07 Å². The molecule has 1 aliphatic heterocycles. The number of benzene rings is 1. The molecule has 0 spiro atoms. The van der Waals surface area contributed by atoms with Crippen molar-refractivity contribution in [2.75, 3.05) is 0 Å². The lowest BCUT2D eigenvalue weighted by atomic mass is 10.0. The Labute approximate surface area is 86.3 Å². The van der Waals surface area contributed by atoms with Gasteiger partial charge in [0.2, 0.25) is 0 Å². The van der Waals surface area contributed by atoms with Crippen molar-refractivity contribution in [2.45, 2.75) is 19.4 Å². The smallest absolute Gasteiger partial charge is 0.162 e. The molecule has 0 fully saturated rings. The molecule has 1 aromatic rings. The van der Waals surface area contributed by atoms with E-state index in [0.717, 1.165) is 5.71 Å². The zero-order valence-electron chi connectivity index (χ0n) is 7.63. The molecular weight excluding hydrogens is 205 g/mol. The Kier molecular flexibility index (Phi) is 2.42. The minimum Gasteiger partial charge on any atom is -0.387 e. The van der Waals surface area contributed by atoms with Gasteiger partial charge in [-0.05, 0) is 19.1 Å². The Morgan fingerprint density at radius 2 is 2.36 bits per heavy atom. The van der Waals surface area contributed by atoms with Gasteiger partial charge in [-0.1, -0.05) is 22.8 Å². The molecule has 14 heavy (non-hydrogen) atoms. The molecule has 1 aromatic carbocycles. The fraction of sp³-hybridized carbons (Fsp3) is 0.300. The van der Waals surface area contributed by atoms with Crippen molar-refractivity contribution in [1.29, 1.82) is 0 Å². The lowest BCUT2D eigenvalue weighted by molar-refractivity contribution is 0.0830. The molecule has 0 saturated carbocycles. The monoisotopic (exact) mass is 213 g/mol. The highest BCUT2D eigenvalue weighted by molar-refractivity contribution is 6.31. The molecule has 74 valence electrons. The van der Waals surface area contributed by atoms with Crippen LogP contribution >= 0.6 is 11.6 Å². The topological polar surface area (TPSA) is 21.6 Å². The van der Waals surface area contributed by atoms with E-state index in [-0.39, 0.29) is 11.9 Å². The molecule has 1 heterocycles. The van der Waals surface area contributed by atoms with Gasteiger partial charge in [-0.2, -0.15) is 0 Å². The molecule has 0 amide bonds. The highest BCUT2D eigenvalue weighted by Gasteiger charge is 2.25. The fourth-order valence-electron chi connectivity index (χ4n) is 1.47. The summed E-state index contributed by atoms with van der Waals surface area (Å²) in [5, 5.41) is 4.16. The quantitative estimate of drug-likeness (QED) is 0.701. The molecule has 2 nitrogen and oxygen atoms in total. The Hall–Kier alpha value is -1.09. The first-order chi connectivity index (χ1) is 6.68. The van der Waals surface area contributed by atoms with Crippen molar-refractivity contribution in [1.82, 2.24) is 0 Å². The molecule has 0 N–H and O–H groups in total. The van der Waals surface area contributed by atoms with Crippen molar-refractivity contribution in [2.24, 2.45) is 5.16 Å². The molecule has 0 saturated heterocycles. The van der Waals surface area contributed by atoms with Crippen LogP contribution in [0.5, 0.6) is 0 Å². The molecule has 1 atom stereocenters. The van der Waals surface area contributed by atoms with Crippen LogP contribution in [-0.2, 0) is 4.84 Å². The Morgan fingerprint density at radius 3 is 2.93 bits per heavy atom. The van der Waals surface area contributed by atoms with Crippen molar-refractivity contribution in [3.8, 4) is 0 Å². The van der Waals surface area contributed by atoms with Crippen LogP contribution in [-0.4, -0.2) is 5.71 Å². The van der Waals surface area contributed by atoms with Gasteiger partial charge in [0, 0.05) is 12.0 Å². The predicted molar refractivity (Wildman–Crippen MR) is 53.0 cm³/mol. The highest BCUT2D eigenvalue weighted by Crippen LogP contribution is 2.33. The van der Waals surface area contributed by atoms with Crippen LogP contribution in [0, 0.1) is 5.82 Å². The summed E-state index contributed by atoms with van der Waals surface area (Å²) in [6, 6.07) is 4.60. The van der Waals surface area contributed by atoms with E-state index >= 15 is 0 Å². The number of hydrogen-bond donors (Lipinski definition) is 0. The Bertz CT molecular complexity index is 371. The van der Waals surface area contributed by atoms with Crippen LogP contribution in [0.4, 0.5) is 4.39 Å². The third-order valence-corrected chi connectivity index (χ3v) is 2.47. The molecule has 0 bridgehead atoms. The zero-order valence-corrected chi connectivity index (χ0v) is 8.38. The van der Waals surface area contributed by atoms with Gasteiger partial charge in [0.1, 0.15) is 5.82 Å². The van der Waals surface area contributed by atoms with Crippen LogP contribution in [0.3, 0.4) is 0 Å². The van der Waals surface area contributed by atoms with E-state index in [2.05, 4.69) is 5.16 Å². The molecule has 1 unspecified atom stereocenters. The van der Waals surface area contributed by atoms with Gasteiger partial charge < -0.3 is 4.84 Å². The SMILES string of the molecule is CC1=NOC(c2c(F)cccc2Cl)C1. The van der Waals surface area contributed by atoms with Gasteiger partial charge in [0.25, 0.3) is 0 Å². The van der Waals surface area contributed by atoms with Crippen LogP contribution < -0.4 is 0 Å². The minimum atomic E-state index is -0.372. The van der Waals surface area contributed by atoms with Crippen LogP contribution in [0.1, 0.15) is 25.0 Å². The number of halogens is 2. The zero-order chi connectivity index (χ0) is 10.1. The first-order valence-electron chi connectivity index (χ1n) is 4.31. The standard InChI is InChI=1S/C10H9ClFNO/c1-6-5-9(14-13-6)10-7(11)3-2-4-8(10)12/h2-4,9H,5H2,1H3. The summed E-state index contributed by atoms with van der Waals surface area (Å²) in [4.78, 5) is 5.08. The summed E-state index contributed by atoms with van der Waals surface area (Å²) in [5.41, 5.74) is 1.25. The molecule has 0 radical (unpaired) electrons. The maximum Gasteiger partial charge on any atom is 0.162 e. The molecule has 0 aromatic heterocycles. The van der Waals surface area contributed by atoms with Crippen molar-refractivity contribution < 1.29 is 9.23 Å². The summed E-state index contributed by atoms with van der Waals surface area (Å²) < 4.78 is 13.4. The summed E-state index contributed by atoms with van der Waals surface area (Å²) in [6.45, 7) is 1.84. The summed E-state index contributed by atoms with van der Waals surface area (Å²) >= 11 is 5.89. The number of nitrogens with zero attached hydrogens (tertiary/aromatic N) is 1. The maximum absolute atomic E-state index is 13.4. The highest BCUT2D eigenvalue weighted by atomic mass is 35.5. The molecule has 4 heteroatoms. The maximum atomic E-state index is 13.4. The average molecular weight is 214 g/mol. The Balaban J connectivity index is 2.33. The van der Waals surface area contributed by atoms with Gasteiger partial charge in [-0.25, -0.2) is 4.39 Å². The van der Waals surface area contributed by atoms with E-state index in [9.17, 15) is 4.39 Å². The fourth-order valence-corrected chi connectivity index (χ4v) is 1.75. The molecular formula is C10H9ClFNO. The second kappa shape index (κ2) is 3.58. The molecule has 2 rings (SSSR count). The van der Waals surface area contributed by atoms with Crippen molar-refractivity contribution >= 4 is 17.3 Å². The van der Waals surface area contributed by atoms with Crippen LogP contribution in [0.2, 0.25) is 5.02 Å². The number of hydrogen-bond acceptors (Lipinski definition) is 2. The van der Waals surface area contributed by atoms with Gasteiger partial charge in [-0.3, -0.25) is 0 Å². The van der Waals surface area contributed by atoms with Gasteiger partial charge in [0.05, 0.1) is 10.7 Å². The van der Waals surface area contributed by atoms with E-state index < -0.39 is 0 Å². The second-order valence-corrected chi connectivity index (χ2v) is 3.67. The van der Waals surface area contributed by atoms with Gasteiger partial charge in [-0.15, -0.1) is 0 Å². The lowest BCUT2D eigenvalue weighted by Gasteiger charge is -2.10. The third kappa shape index (κ3) is 1.60. The molecule has 0 aliphatic carbocycles. The van der Waals surface area contributed by atoms with E-state index in [1.807, 2.05) is 6.92 Å². The van der Waals surface area contributed by atoms with Crippen molar-refractivity contribution in [3.63, 3.8) is 0 Å². The van der Waals surface area contributed by atoms with E-state index in [4.69, 9.17) is 16.4 Å². The third-order valence-electron chi connectivity index (χ3n) is 2.14.